The smallest absolute Gasteiger partial charge is 0.307 e. The van der Waals surface area contributed by atoms with E-state index >= 15 is 0 Å². The summed E-state index contributed by atoms with van der Waals surface area (Å²) in [6.07, 6.45) is -0.174. The summed E-state index contributed by atoms with van der Waals surface area (Å²) >= 11 is 0. The van der Waals surface area contributed by atoms with Gasteiger partial charge in [-0.1, -0.05) is 45.0 Å². The zero-order chi connectivity index (χ0) is 29.2. The highest BCUT2D eigenvalue weighted by Crippen LogP contribution is 2.44. The second-order valence-electron chi connectivity index (χ2n) is 10.6. The van der Waals surface area contributed by atoms with E-state index in [4.69, 9.17) is 14.6 Å². The van der Waals surface area contributed by atoms with Crippen molar-refractivity contribution in [1.29, 1.82) is 0 Å². The van der Waals surface area contributed by atoms with Crippen LogP contribution in [0.1, 0.15) is 56.0 Å². The molecule has 1 fully saturated rings. The SMILES string of the molecule is CCOc1ccc(/C(O)=C2/C(=O)C(=O)N(c3ccc(CC(=O)O)cc3)C2c2cccc(OC)c2)cc1C(C)(C)C. The number of ether oxygens (including phenoxy) is 2. The van der Waals surface area contributed by atoms with Crippen molar-refractivity contribution in [2.75, 3.05) is 18.6 Å². The average molecular weight is 544 g/mol. The van der Waals surface area contributed by atoms with Crippen LogP contribution in [0, 0.1) is 0 Å². The minimum absolute atomic E-state index is 0.0584. The predicted octanol–water partition coefficient (Wildman–Crippen LogP) is 5.64. The molecule has 1 unspecified atom stereocenters. The lowest BCUT2D eigenvalue weighted by Crippen LogP contribution is -2.29. The third kappa shape index (κ3) is 5.57. The first-order chi connectivity index (χ1) is 19.0. The van der Waals surface area contributed by atoms with Crippen LogP contribution in [0.5, 0.6) is 11.5 Å². The highest BCUT2D eigenvalue weighted by Gasteiger charge is 2.47. The van der Waals surface area contributed by atoms with Gasteiger partial charge in [0.2, 0.25) is 0 Å². The Hall–Kier alpha value is -4.59. The molecular weight excluding hydrogens is 510 g/mol. The van der Waals surface area contributed by atoms with Crippen LogP contribution in [0.3, 0.4) is 0 Å². The van der Waals surface area contributed by atoms with Gasteiger partial charge in [-0.3, -0.25) is 19.3 Å². The number of benzene rings is 3. The number of rotatable bonds is 8. The summed E-state index contributed by atoms with van der Waals surface area (Å²) in [5.74, 6) is -1.71. The average Bonchev–Trinajstić information content (AvgIpc) is 3.18. The maximum atomic E-state index is 13.6. The Balaban J connectivity index is 1.92. The van der Waals surface area contributed by atoms with Crippen LogP contribution in [-0.4, -0.2) is 41.6 Å². The number of Topliss-reactive ketones (excluding diaryl/α,β-unsaturated/α-hetero) is 1. The van der Waals surface area contributed by atoms with Gasteiger partial charge in [0.1, 0.15) is 17.3 Å². The molecule has 0 radical (unpaired) electrons. The lowest BCUT2D eigenvalue weighted by Gasteiger charge is -2.26. The number of amides is 1. The molecule has 1 atom stereocenters. The molecule has 8 heteroatoms. The number of carboxylic acid groups (broad SMARTS) is 1. The van der Waals surface area contributed by atoms with E-state index in [0.29, 0.717) is 40.5 Å². The van der Waals surface area contributed by atoms with Gasteiger partial charge in [0.05, 0.1) is 31.8 Å². The van der Waals surface area contributed by atoms with Crippen LogP contribution in [0.4, 0.5) is 5.69 Å². The number of ketones is 1. The molecule has 3 aromatic rings. The Labute approximate surface area is 233 Å². The monoisotopic (exact) mass is 543 g/mol. The number of nitrogens with zero attached hydrogens (tertiary/aromatic N) is 1. The zero-order valence-electron chi connectivity index (χ0n) is 23.2. The van der Waals surface area contributed by atoms with E-state index in [1.807, 2.05) is 27.7 Å². The first-order valence-electron chi connectivity index (χ1n) is 13.0. The number of aliphatic hydroxyl groups is 1. The van der Waals surface area contributed by atoms with Gasteiger partial charge < -0.3 is 19.7 Å². The van der Waals surface area contributed by atoms with Crippen LogP contribution < -0.4 is 14.4 Å². The molecule has 1 saturated heterocycles. The molecule has 208 valence electrons. The van der Waals surface area contributed by atoms with Crippen molar-refractivity contribution in [2.24, 2.45) is 0 Å². The quantitative estimate of drug-likeness (QED) is 0.215. The molecule has 1 aliphatic heterocycles. The molecule has 1 amide bonds. The summed E-state index contributed by atoms with van der Waals surface area (Å²) in [7, 11) is 1.52. The van der Waals surface area contributed by atoms with E-state index in [1.54, 1.807) is 66.7 Å². The van der Waals surface area contributed by atoms with Crippen molar-refractivity contribution in [3.8, 4) is 11.5 Å². The van der Waals surface area contributed by atoms with Crippen LogP contribution in [-0.2, 0) is 26.2 Å². The summed E-state index contributed by atoms with van der Waals surface area (Å²) in [6.45, 7) is 8.44. The molecule has 1 aliphatic rings. The van der Waals surface area contributed by atoms with E-state index < -0.39 is 23.7 Å². The first kappa shape index (κ1) is 28.4. The lowest BCUT2D eigenvalue weighted by atomic mass is 9.84. The molecule has 0 spiro atoms. The Bertz CT molecular complexity index is 1480. The molecule has 1 heterocycles. The van der Waals surface area contributed by atoms with Crippen LogP contribution >= 0.6 is 0 Å². The van der Waals surface area contributed by atoms with Gasteiger partial charge in [-0.05, 0) is 65.9 Å². The maximum Gasteiger partial charge on any atom is 0.307 e. The van der Waals surface area contributed by atoms with E-state index in [2.05, 4.69) is 0 Å². The fraction of sp³-hybridized carbons (Fsp3) is 0.281. The van der Waals surface area contributed by atoms with Gasteiger partial charge in [0.25, 0.3) is 11.7 Å². The molecule has 2 N–H and O–H groups in total. The van der Waals surface area contributed by atoms with Crippen molar-refractivity contribution >= 4 is 29.1 Å². The number of methoxy groups -OCH3 is 1. The largest absolute Gasteiger partial charge is 0.507 e. The number of carbonyl (C=O) groups excluding carboxylic acids is 2. The van der Waals surface area contributed by atoms with Gasteiger partial charge >= 0.3 is 5.97 Å². The van der Waals surface area contributed by atoms with Crippen LogP contribution in [0.2, 0.25) is 0 Å². The van der Waals surface area contributed by atoms with Crippen molar-refractivity contribution in [3.05, 3.63) is 94.6 Å². The first-order valence-corrected chi connectivity index (χ1v) is 13.0. The summed E-state index contributed by atoms with van der Waals surface area (Å²) < 4.78 is 11.2. The molecular formula is C32H33NO7. The number of carbonyl (C=O) groups is 3. The third-order valence-corrected chi connectivity index (χ3v) is 6.78. The predicted molar refractivity (Wildman–Crippen MR) is 152 cm³/mol. The molecule has 4 rings (SSSR count). The molecule has 3 aromatic carbocycles. The molecule has 0 saturated carbocycles. The fourth-order valence-electron chi connectivity index (χ4n) is 4.88. The second kappa shape index (κ2) is 11.3. The molecule has 0 bridgehead atoms. The van der Waals surface area contributed by atoms with Gasteiger partial charge in [-0.25, -0.2) is 0 Å². The van der Waals surface area contributed by atoms with E-state index in [1.165, 1.54) is 12.0 Å². The summed E-state index contributed by atoms with van der Waals surface area (Å²) in [4.78, 5) is 39.5. The summed E-state index contributed by atoms with van der Waals surface area (Å²) in [6, 6.07) is 17.7. The van der Waals surface area contributed by atoms with Crippen molar-refractivity contribution in [1.82, 2.24) is 0 Å². The summed E-state index contributed by atoms with van der Waals surface area (Å²) in [5, 5.41) is 20.8. The number of aliphatic carboxylic acids is 1. The van der Waals surface area contributed by atoms with Gasteiger partial charge in [-0.2, -0.15) is 0 Å². The van der Waals surface area contributed by atoms with Gasteiger partial charge in [-0.15, -0.1) is 0 Å². The number of anilines is 1. The minimum atomic E-state index is -0.977. The third-order valence-electron chi connectivity index (χ3n) is 6.78. The highest BCUT2D eigenvalue weighted by molar-refractivity contribution is 6.51. The zero-order valence-corrected chi connectivity index (χ0v) is 23.2. The van der Waals surface area contributed by atoms with Gasteiger partial charge in [0, 0.05) is 16.8 Å². The number of hydrogen-bond acceptors (Lipinski definition) is 6. The Morgan fingerprint density at radius 2 is 1.68 bits per heavy atom. The fourth-order valence-corrected chi connectivity index (χ4v) is 4.88. The van der Waals surface area contributed by atoms with Crippen LogP contribution in [0.15, 0.2) is 72.3 Å². The summed E-state index contributed by atoms with van der Waals surface area (Å²) in [5.41, 5.74) is 2.36. The van der Waals surface area contributed by atoms with Crippen LogP contribution in [0.25, 0.3) is 5.76 Å². The van der Waals surface area contributed by atoms with Gasteiger partial charge in [0.15, 0.2) is 0 Å². The molecule has 0 aliphatic carbocycles. The number of aliphatic hydroxyl groups excluding tert-OH is 1. The minimum Gasteiger partial charge on any atom is -0.507 e. The topological polar surface area (TPSA) is 113 Å². The lowest BCUT2D eigenvalue weighted by molar-refractivity contribution is -0.136. The van der Waals surface area contributed by atoms with E-state index in [0.717, 1.165) is 5.56 Å². The Kier molecular flexibility index (Phi) is 8.00. The molecule has 0 aromatic heterocycles. The van der Waals surface area contributed by atoms with Crippen molar-refractivity contribution in [2.45, 2.75) is 45.6 Å². The number of carboxylic acids is 1. The standard InChI is InChI=1S/C32H33NO7/c1-6-40-25-15-12-21(18-24(25)32(2,3)4)29(36)27-28(20-8-7-9-23(17-20)39-5)33(31(38)30(27)37)22-13-10-19(11-14-22)16-26(34)35/h7-15,17-18,28,36H,6,16H2,1-5H3,(H,34,35)/b29-27-. The number of hydrogen-bond donors (Lipinski definition) is 2. The normalized spacial score (nSPS) is 16.7. The van der Waals surface area contributed by atoms with Crippen molar-refractivity contribution in [3.63, 3.8) is 0 Å². The second-order valence-corrected chi connectivity index (χ2v) is 10.6. The Morgan fingerprint density at radius 3 is 2.27 bits per heavy atom. The Morgan fingerprint density at radius 1 is 0.975 bits per heavy atom. The van der Waals surface area contributed by atoms with E-state index in [9.17, 15) is 19.5 Å². The van der Waals surface area contributed by atoms with E-state index in [-0.39, 0.29) is 23.2 Å². The van der Waals surface area contributed by atoms with Crippen molar-refractivity contribution < 1.29 is 34.1 Å². The molecule has 40 heavy (non-hydrogen) atoms. The highest BCUT2D eigenvalue weighted by atomic mass is 16.5. The molecule has 8 nitrogen and oxygen atoms in total. The maximum absolute atomic E-state index is 13.6.